The number of ether oxygens (including phenoxy) is 2. The van der Waals surface area contributed by atoms with Crippen LogP contribution >= 0.6 is 11.8 Å². The van der Waals surface area contributed by atoms with Crippen LogP contribution in [0.5, 0.6) is 0 Å². The van der Waals surface area contributed by atoms with E-state index in [-0.39, 0.29) is 13.2 Å². The first kappa shape index (κ1) is 20.6. The first-order valence-electron chi connectivity index (χ1n) is 8.52. The van der Waals surface area contributed by atoms with Gasteiger partial charge in [-0.3, -0.25) is 0 Å². The molecule has 5 heteroatoms. The summed E-state index contributed by atoms with van der Waals surface area (Å²) in [6.07, 6.45) is 1.19. The van der Waals surface area contributed by atoms with E-state index in [4.69, 9.17) is 9.47 Å². The number of benzene rings is 1. The molecule has 1 aromatic carbocycles. The molecule has 0 saturated heterocycles. The van der Waals surface area contributed by atoms with Gasteiger partial charge in [0.25, 0.3) is 0 Å². The highest BCUT2D eigenvalue weighted by molar-refractivity contribution is 8.02. The lowest BCUT2D eigenvalue weighted by molar-refractivity contribution is -0.158. The summed E-state index contributed by atoms with van der Waals surface area (Å²) in [5, 5.41) is 0. The Labute approximate surface area is 149 Å². The Morgan fingerprint density at radius 1 is 1.04 bits per heavy atom. The van der Waals surface area contributed by atoms with Crippen LogP contribution in [0.15, 0.2) is 29.2 Å². The monoisotopic (exact) mass is 352 g/mol. The van der Waals surface area contributed by atoms with Gasteiger partial charge in [0.1, 0.15) is 0 Å². The molecule has 0 spiro atoms. The summed E-state index contributed by atoms with van der Waals surface area (Å²) < 4.78 is 9.03. The van der Waals surface area contributed by atoms with E-state index in [0.717, 1.165) is 16.9 Å². The fraction of sp³-hybridized carbons (Fsp3) is 0.579. The van der Waals surface area contributed by atoms with Gasteiger partial charge in [-0.05, 0) is 44.2 Å². The minimum Gasteiger partial charge on any atom is -0.465 e. The van der Waals surface area contributed by atoms with E-state index in [1.54, 1.807) is 13.8 Å². The molecule has 0 amide bonds. The number of rotatable bonds is 9. The zero-order valence-electron chi connectivity index (χ0n) is 15.3. The fourth-order valence-corrected chi connectivity index (χ4v) is 3.66. The van der Waals surface area contributed by atoms with Crippen molar-refractivity contribution in [3.05, 3.63) is 29.8 Å². The molecule has 0 aliphatic heterocycles. The summed E-state index contributed by atoms with van der Waals surface area (Å²) in [7, 11) is 0. The lowest BCUT2D eigenvalue weighted by Crippen LogP contribution is -2.45. The number of carbonyl (C=O) groups excluding carboxylic acids is 2. The summed E-state index contributed by atoms with van der Waals surface area (Å²) in [6, 6.07) is 7.89. The largest absolute Gasteiger partial charge is 0.465 e. The molecular formula is C19H28O4S. The van der Waals surface area contributed by atoms with Crippen molar-refractivity contribution in [2.75, 3.05) is 13.2 Å². The highest BCUT2D eigenvalue weighted by Gasteiger charge is 2.49. The van der Waals surface area contributed by atoms with Crippen LogP contribution in [0.2, 0.25) is 0 Å². The van der Waals surface area contributed by atoms with Crippen LogP contribution in [-0.2, 0) is 25.5 Å². The normalized spacial score (nSPS) is 11.4. The van der Waals surface area contributed by atoms with Gasteiger partial charge in [0, 0.05) is 4.90 Å². The average molecular weight is 352 g/mol. The number of esters is 2. The van der Waals surface area contributed by atoms with Crippen molar-refractivity contribution in [2.24, 2.45) is 5.92 Å². The molecule has 0 unspecified atom stereocenters. The lowest BCUT2D eigenvalue weighted by Gasteiger charge is -2.28. The highest BCUT2D eigenvalue weighted by Crippen LogP contribution is 2.40. The van der Waals surface area contributed by atoms with Crippen LogP contribution in [-0.4, -0.2) is 29.9 Å². The predicted octanol–water partition coefficient (Wildman–Crippen LogP) is 4.25. The summed E-state index contributed by atoms with van der Waals surface area (Å²) in [5.41, 5.74) is 1.13. The Bertz CT molecular complexity index is 536. The van der Waals surface area contributed by atoms with E-state index < -0.39 is 16.7 Å². The van der Waals surface area contributed by atoms with Crippen molar-refractivity contribution in [3.8, 4) is 0 Å². The van der Waals surface area contributed by atoms with Crippen LogP contribution in [0.1, 0.15) is 46.6 Å². The van der Waals surface area contributed by atoms with Crippen LogP contribution in [0, 0.1) is 5.92 Å². The minimum absolute atomic E-state index is 0.230. The van der Waals surface area contributed by atoms with Crippen LogP contribution in [0.3, 0.4) is 0 Å². The van der Waals surface area contributed by atoms with Gasteiger partial charge >= 0.3 is 11.9 Å². The van der Waals surface area contributed by atoms with Gasteiger partial charge in [-0.15, -0.1) is 0 Å². The molecule has 0 bridgehead atoms. The van der Waals surface area contributed by atoms with Crippen molar-refractivity contribution in [3.63, 3.8) is 0 Å². The number of carbonyl (C=O) groups is 2. The standard InChI is InChI=1S/C19H28O4S/c1-6-19(17(20)22-7-2,18(21)23-8-3)24-16-12-10-9-11-15(16)13-14(4)5/h9-12,14H,6-8,13H2,1-5H3. The molecule has 0 aromatic heterocycles. The predicted molar refractivity (Wildman–Crippen MR) is 97.1 cm³/mol. The Hall–Kier alpha value is -1.49. The first-order chi connectivity index (χ1) is 11.4. The summed E-state index contributed by atoms with van der Waals surface area (Å²) >= 11 is 1.25. The number of hydrogen-bond donors (Lipinski definition) is 0. The molecule has 0 radical (unpaired) electrons. The zero-order valence-corrected chi connectivity index (χ0v) is 16.1. The fourth-order valence-electron chi connectivity index (χ4n) is 2.42. The second-order valence-corrected chi connectivity index (χ2v) is 7.27. The molecule has 0 fully saturated rings. The van der Waals surface area contributed by atoms with Crippen molar-refractivity contribution >= 4 is 23.7 Å². The molecule has 134 valence electrons. The molecule has 4 nitrogen and oxygen atoms in total. The highest BCUT2D eigenvalue weighted by atomic mass is 32.2. The molecule has 24 heavy (non-hydrogen) atoms. The van der Waals surface area contributed by atoms with Gasteiger partial charge in [0.05, 0.1) is 13.2 Å². The maximum absolute atomic E-state index is 12.6. The number of thioether (sulfide) groups is 1. The molecule has 0 aliphatic carbocycles. The molecule has 0 aliphatic rings. The van der Waals surface area contributed by atoms with E-state index in [1.165, 1.54) is 11.8 Å². The quantitative estimate of drug-likeness (QED) is 0.378. The van der Waals surface area contributed by atoms with E-state index >= 15 is 0 Å². The van der Waals surface area contributed by atoms with Crippen LogP contribution in [0.25, 0.3) is 0 Å². The Balaban J connectivity index is 3.26. The SMILES string of the molecule is CCOC(=O)C(CC)(Sc1ccccc1CC(C)C)C(=O)OCC. The summed E-state index contributed by atoms with van der Waals surface area (Å²) in [6.45, 7) is 10.0. The number of hydrogen-bond acceptors (Lipinski definition) is 5. The van der Waals surface area contributed by atoms with E-state index in [1.807, 2.05) is 31.2 Å². The summed E-state index contributed by atoms with van der Waals surface area (Å²) in [5.74, 6) is -0.585. The molecular weight excluding hydrogens is 324 g/mol. The topological polar surface area (TPSA) is 52.6 Å². The van der Waals surface area contributed by atoms with Crippen LogP contribution < -0.4 is 0 Å². The molecule has 1 rings (SSSR count). The maximum Gasteiger partial charge on any atom is 0.334 e. The van der Waals surface area contributed by atoms with Gasteiger partial charge in [0.15, 0.2) is 0 Å². The second-order valence-electron chi connectivity index (χ2n) is 5.93. The van der Waals surface area contributed by atoms with Crippen molar-refractivity contribution in [1.82, 2.24) is 0 Å². The van der Waals surface area contributed by atoms with E-state index in [0.29, 0.717) is 12.3 Å². The third-order valence-electron chi connectivity index (χ3n) is 3.59. The molecule has 0 saturated carbocycles. The smallest absolute Gasteiger partial charge is 0.334 e. The van der Waals surface area contributed by atoms with Gasteiger partial charge in [-0.1, -0.05) is 50.7 Å². The first-order valence-corrected chi connectivity index (χ1v) is 9.34. The summed E-state index contributed by atoms with van der Waals surface area (Å²) in [4.78, 5) is 26.1. The second kappa shape index (κ2) is 9.72. The van der Waals surface area contributed by atoms with Crippen molar-refractivity contribution < 1.29 is 19.1 Å². The Kier molecular flexibility index (Phi) is 8.32. The minimum atomic E-state index is -1.36. The lowest BCUT2D eigenvalue weighted by atomic mass is 10.0. The third kappa shape index (κ3) is 5.00. The van der Waals surface area contributed by atoms with Crippen molar-refractivity contribution in [2.45, 2.75) is 57.1 Å². The zero-order chi connectivity index (χ0) is 18.2. The molecule has 0 atom stereocenters. The Morgan fingerprint density at radius 2 is 1.58 bits per heavy atom. The molecule has 0 heterocycles. The Morgan fingerprint density at radius 3 is 2.04 bits per heavy atom. The van der Waals surface area contributed by atoms with Gasteiger partial charge in [-0.2, -0.15) is 0 Å². The van der Waals surface area contributed by atoms with Crippen molar-refractivity contribution in [1.29, 1.82) is 0 Å². The van der Waals surface area contributed by atoms with Crippen LogP contribution in [0.4, 0.5) is 0 Å². The van der Waals surface area contributed by atoms with E-state index in [9.17, 15) is 9.59 Å². The maximum atomic E-state index is 12.6. The van der Waals surface area contributed by atoms with Gasteiger partial charge in [-0.25, -0.2) is 9.59 Å². The van der Waals surface area contributed by atoms with Gasteiger partial charge < -0.3 is 9.47 Å². The molecule has 1 aromatic rings. The average Bonchev–Trinajstić information content (AvgIpc) is 2.54. The van der Waals surface area contributed by atoms with Gasteiger partial charge in [0.2, 0.25) is 4.75 Å². The third-order valence-corrected chi connectivity index (χ3v) is 5.18. The molecule has 0 N–H and O–H groups in total. The van der Waals surface area contributed by atoms with E-state index in [2.05, 4.69) is 13.8 Å².